The zero-order valence-electron chi connectivity index (χ0n) is 20.0. The molecule has 2 aliphatic heterocycles. The minimum absolute atomic E-state index is 0.0459. The van der Waals surface area contributed by atoms with Gasteiger partial charge >= 0.3 is 6.03 Å². The fourth-order valence-electron chi connectivity index (χ4n) is 5.73. The van der Waals surface area contributed by atoms with E-state index >= 15 is 0 Å². The third kappa shape index (κ3) is 4.64. The third-order valence-corrected chi connectivity index (χ3v) is 8.99. The summed E-state index contributed by atoms with van der Waals surface area (Å²) in [5.74, 6) is 0.0535. The van der Waals surface area contributed by atoms with Crippen LogP contribution in [0, 0.1) is 0 Å². The van der Waals surface area contributed by atoms with Crippen LogP contribution in [-0.2, 0) is 40.4 Å². The smallest absolute Gasteiger partial charge is 0.333 e. The number of allylic oxidation sites excluding steroid dienone is 1. The molecule has 2 aliphatic carbocycles. The van der Waals surface area contributed by atoms with Gasteiger partial charge in [0.1, 0.15) is 11.5 Å². The number of aryl methyl sites for hydroxylation is 2. The SMILES string of the molecule is C=NN1CC(N2CCC(O)C2)CO/C1=C(/C)S(=O)(=O)NC(=O)Nc1c2c(cc3c1CCC3)CCC2. The number of nitrogens with one attached hydrogen (secondary N) is 2. The standard InChI is InChI=1S/C24H33N5O5S/c1-15(23-29(25-2)12-18(14-34-23)28-10-9-19(30)13-28)35(32,33)27-24(31)26-22-20-7-3-5-16(20)11-17-6-4-8-21(17)22/h11,18-19,30H,2-10,12-14H2,1H3,(H2,26,27,31)/b23-15-. The van der Waals surface area contributed by atoms with Crippen molar-refractivity contribution in [2.75, 3.05) is 31.6 Å². The van der Waals surface area contributed by atoms with Gasteiger partial charge in [-0.25, -0.2) is 22.9 Å². The Labute approximate surface area is 206 Å². The molecule has 2 saturated heterocycles. The van der Waals surface area contributed by atoms with Gasteiger partial charge in [0.2, 0.25) is 5.88 Å². The summed E-state index contributed by atoms with van der Waals surface area (Å²) in [5.41, 5.74) is 5.55. The maximum absolute atomic E-state index is 13.1. The van der Waals surface area contributed by atoms with Crippen LogP contribution in [0.25, 0.3) is 0 Å². The van der Waals surface area contributed by atoms with E-state index in [2.05, 4.69) is 32.8 Å². The molecule has 2 fully saturated rings. The molecule has 0 saturated carbocycles. The maximum atomic E-state index is 13.1. The number of carbonyl (C=O) groups excluding carboxylic acids is 1. The van der Waals surface area contributed by atoms with E-state index in [0.717, 1.165) is 61.9 Å². The average molecular weight is 504 g/mol. The predicted molar refractivity (Wildman–Crippen MR) is 132 cm³/mol. The van der Waals surface area contributed by atoms with Crippen LogP contribution in [0.4, 0.5) is 10.5 Å². The zero-order valence-corrected chi connectivity index (χ0v) is 20.9. The molecule has 5 rings (SSSR count). The van der Waals surface area contributed by atoms with E-state index in [-0.39, 0.29) is 29.5 Å². The summed E-state index contributed by atoms with van der Waals surface area (Å²) < 4.78 is 34.2. The number of aliphatic hydroxyl groups is 1. The molecular weight excluding hydrogens is 470 g/mol. The highest BCUT2D eigenvalue weighted by atomic mass is 32.2. The summed E-state index contributed by atoms with van der Waals surface area (Å²) in [7, 11) is -4.19. The molecule has 10 nitrogen and oxygen atoms in total. The number of anilines is 1. The van der Waals surface area contributed by atoms with Gasteiger partial charge in [0.25, 0.3) is 10.0 Å². The van der Waals surface area contributed by atoms with E-state index in [1.54, 1.807) is 0 Å². The number of benzene rings is 1. The van der Waals surface area contributed by atoms with E-state index in [0.29, 0.717) is 19.5 Å². The van der Waals surface area contributed by atoms with Crippen molar-refractivity contribution in [1.82, 2.24) is 14.6 Å². The molecule has 2 atom stereocenters. The van der Waals surface area contributed by atoms with E-state index in [9.17, 15) is 18.3 Å². The fraction of sp³-hybridized carbons (Fsp3) is 0.583. The van der Waals surface area contributed by atoms with Crippen molar-refractivity contribution in [2.24, 2.45) is 5.10 Å². The number of hydrazone groups is 1. The number of urea groups is 1. The second kappa shape index (κ2) is 9.44. The fourth-order valence-corrected chi connectivity index (χ4v) is 6.57. The van der Waals surface area contributed by atoms with Gasteiger partial charge in [-0.1, -0.05) is 6.07 Å². The van der Waals surface area contributed by atoms with Crippen LogP contribution >= 0.6 is 0 Å². The number of rotatable bonds is 5. The van der Waals surface area contributed by atoms with Gasteiger partial charge in [0.15, 0.2) is 0 Å². The minimum atomic E-state index is -4.19. The number of aliphatic hydroxyl groups excluding tert-OH is 1. The Balaban J connectivity index is 1.31. The van der Waals surface area contributed by atoms with Crippen LogP contribution in [0.1, 0.15) is 48.4 Å². The van der Waals surface area contributed by atoms with Gasteiger partial charge in [-0.3, -0.25) is 4.90 Å². The maximum Gasteiger partial charge on any atom is 0.333 e. The molecular formula is C24H33N5O5S. The van der Waals surface area contributed by atoms with Crippen molar-refractivity contribution in [3.63, 3.8) is 0 Å². The molecule has 0 spiro atoms. The Morgan fingerprint density at radius 3 is 2.46 bits per heavy atom. The van der Waals surface area contributed by atoms with Crippen molar-refractivity contribution in [2.45, 2.75) is 64.0 Å². The van der Waals surface area contributed by atoms with Crippen LogP contribution < -0.4 is 10.0 Å². The molecule has 2 heterocycles. The summed E-state index contributed by atoms with van der Waals surface area (Å²) in [4.78, 5) is 14.8. The first-order valence-electron chi connectivity index (χ1n) is 12.3. The molecule has 0 aromatic heterocycles. The molecule has 11 heteroatoms. The minimum Gasteiger partial charge on any atom is -0.475 e. The number of hydrogen-bond acceptors (Lipinski definition) is 8. The lowest BCUT2D eigenvalue weighted by Crippen LogP contribution is -2.49. The molecule has 2 amide bonds. The largest absolute Gasteiger partial charge is 0.475 e. The Kier molecular flexibility index (Phi) is 6.49. The molecule has 190 valence electrons. The van der Waals surface area contributed by atoms with E-state index < -0.39 is 16.1 Å². The monoisotopic (exact) mass is 503 g/mol. The highest BCUT2D eigenvalue weighted by Gasteiger charge is 2.36. The summed E-state index contributed by atoms with van der Waals surface area (Å²) in [5, 5.41) is 18.0. The molecule has 0 radical (unpaired) electrons. The number of sulfonamides is 1. The number of likely N-dealkylation sites (tertiary alicyclic amines) is 1. The second-order valence-electron chi connectivity index (χ2n) is 9.78. The Morgan fingerprint density at radius 1 is 1.17 bits per heavy atom. The summed E-state index contributed by atoms with van der Waals surface area (Å²) in [6.45, 7) is 6.88. The van der Waals surface area contributed by atoms with Gasteiger partial charge in [-0.15, -0.1) is 0 Å². The molecule has 4 aliphatic rings. The quantitative estimate of drug-likeness (QED) is 0.523. The Bertz CT molecular complexity index is 1150. The zero-order chi connectivity index (χ0) is 24.7. The van der Waals surface area contributed by atoms with Gasteiger partial charge in [-0.05, 0) is 74.1 Å². The molecule has 1 aromatic rings. The first-order valence-corrected chi connectivity index (χ1v) is 13.8. The Morgan fingerprint density at radius 2 is 1.86 bits per heavy atom. The lowest BCUT2D eigenvalue weighted by atomic mass is 9.99. The van der Waals surface area contributed by atoms with Crippen LogP contribution in [0.3, 0.4) is 0 Å². The predicted octanol–water partition coefficient (Wildman–Crippen LogP) is 1.69. The topological polar surface area (TPSA) is 124 Å². The van der Waals surface area contributed by atoms with Crippen molar-refractivity contribution in [3.05, 3.63) is 39.1 Å². The molecule has 1 aromatic carbocycles. The Hall–Kier alpha value is -2.63. The number of carbonyl (C=O) groups is 1. The van der Waals surface area contributed by atoms with Crippen molar-refractivity contribution in [1.29, 1.82) is 0 Å². The highest BCUT2D eigenvalue weighted by Crippen LogP contribution is 2.38. The van der Waals surface area contributed by atoms with Crippen LogP contribution in [0.15, 0.2) is 22.0 Å². The molecule has 3 N–H and O–H groups in total. The van der Waals surface area contributed by atoms with Crippen molar-refractivity contribution >= 4 is 28.5 Å². The van der Waals surface area contributed by atoms with Gasteiger partial charge < -0.3 is 15.2 Å². The second-order valence-corrected chi connectivity index (χ2v) is 11.6. The molecule has 35 heavy (non-hydrogen) atoms. The van der Waals surface area contributed by atoms with Gasteiger partial charge in [0, 0.05) is 25.5 Å². The number of hydrogen-bond donors (Lipinski definition) is 3. The molecule has 2 unspecified atom stereocenters. The first kappa shape index (κ1) is 24.1. The van der Waals surface area contributed by atoms with Crippen molar-refractivity contribution in [3.8, 4) is 0 Å². The van der Waals surface area contributed by atoms with Crippen molar-refractivity contribution < 1.29 is 23.1 Å². The van der Waals surface area contributed by atoms with E-state index in [1.807, 2.05) is 0 Å². The van der Waals surface area contributed by atoms with Gasteiger partial charge in [-0.2, -0.15) is 5.10 Å². The third-order valence-electron chi connectivity index (χ3n) is 7.56. The normalized spacial score (nSPS) is 25.6. The highest BCUT2D eigenvalue weighted by molar-refractivity contribution is 7.93. The lowest BCUT2D eigenvalue weighted by molar-refractivity contribution is -0.00217. The van der Waals surface area contributed by atoms with E-state index in [1.165, 1.54) is 23.1 Å². The van der Waals surface area contributed by atoms with Crippen LogP contribution in [0.5, 0.6) is 0 Å². The van der Waals surface area contributed by atoms with Crippen LogP contribution in [-0.4, -0.2) is 74.6 Å². The number of nitrogens with zero attached hydrogens (tertiary/aromatic N) is 3. The van der Waals surface area contributed by atoms with Crippen LogP contribution in [0.2, 0.25) is 0 Å². The number of amides is 2. The van der Waals surface area contributed by atoms with E-state index in [4.69, 9.17) is 4.74 Å². The summed E-state index contributed by atoms with van der Waals surface area (Å²) in [6, 6.07) is 1.43. The average Bonchev–Trinajstić information content (AvgIpc) is 3.58. The lowest BCUT2D eigenvalue weighted by Gasteiger charge is -2.37. The van der Waals surface area contributed by atoms with Gasteiger partial charge in [0.05, 0.1) is 18.7 Å². The summed E-state index contributed by atoms with van der Waals surface area (Å²) in [6.07, 6.45) is 6.15. The number of fused-ring (bicyclic) bond motifs is 2. The molecule has 0 bridgehead atoms. The summed E-state index contributed by atoms with van der Waals surface area (Å²) >= 11 is 0. The number of β-amino-alcohol motifs (C(OH)–C–C–N with tert-alkyl or cyclic N) is 1. The first-order chi connectivity index (χ1) is 16.8. The number of ether oxygens (including phenoxy) is 1.